The van der Waals surface area contributed by atoms with E-state index < -0.39 is 0 Å². The molecular weight excluding hydrogens is 210 g/mol. The number of hydrogen-bond acceptors (Lipinski definition) is 2. The fraction of sp³-hybridized carbons (Fsp3) is 0.600. The molecule has 1 heterocycles. The summed E-state index contributed by atoms with van der Waals surface area (Å²) < 4.78 is 0. The van der Waals surface area contributed by atoms with Crippen LogP contribution in [0.4, 0.5) is 0 Å². The first-order valence-electron chi connectivity index (χ1n) is 6.75. The number of rotatable bonds is 2. The van der Waals surface area contributed by atoms with Crippen LogP contribution in [0.25, 0.3) is 0 Å². The lowest BCUT2D eigenvalue weighted by atomic mass is 9.80. The molecule has 3 atom stereocenters. The normalized spacial score (nSPS) is 33.6. The van der Waals surface area contributed by atoms with E-state index in [0.717, 1.165) is 31.2 Å². The number of likely N-dealkylation sites (tertiary alicyclic amines) is 1. The predicted octanol–water partition coefficient (Wildman–Crippen LogP) is 2.28. The van der Waals surface area contributed by atoms with E-state index in [-0.39, 0.29) is 6.10 Å². The lowest BCUT2D eigenvalue weighted by Crippen LogP contribution is -2.26. The molecule has 1 aromatic carbocycles. The quantitative estimate of drug-likeness (QED) is 0.844. The summed E-state index contributed by atoms with van der Waals surface area (Å²) in [4.78, 5) is 2.56. The topological polar surface area (TPSA) is 23.5 Å². The van der Waals surface area contributed by atoms with Gasteiger partial charge in [0, 0.05) is 19.6 Å². The molecule has 0 spiro atoms. The first-order chi connectivity index (χ1) is 8.31. The molecule has 1 aromatic rings. The molecule has 1 aliphatic carbocycles. The first-order valence-corrected chi connectivity index (χ1v) is 6.75. The van der Waals surface area contributed by atoms with Gasteiger partial charge in [0.1, 0.15) is 0 Å². The van der Waals surface area contributed by atoms with Gasteiger partial charge in [-0.2, -0.15) is 0 Å². The maximum Gasteiger partial charge on any atom is 0.0543 e. The van der Waals surface area contributed by atoms with Gasteiger partial charge in [0.05, 0.1) is 6.10 Å². The van der Waals surface area contributed by atoms with Gasteiger partial charge in [-0.05, 0) is 36.7 Å². The van der Waals surface area contributed by atoms with Crippen LogP contribution >= 0.6 is 0 Å². The van der Waals surface area contributed by atoms with Gasteiger partial charge in [0.25, 0.3) is 0 Å². The Kier molecular flexibility index (Phi) is 3.17. The lowest BCUT2D eigenvalue weighted by Gasteiger charge is -2.27. The van der Waals surface area contributed by atoms with Crippen molar-refractivity contribution in [3.8, 4) is 0 Å². The van der Waals surface area contributed by atoms with E-state index in [2.05, 4.69) is 35.2 Å². The Morgan fingerprint density at radius 1 is 1.06 bits per heavy atom. The summed E-state index contributed by atoms with van der Waals surface area (Å²) in [5, 5.41) is 9.71. The molecule has 2 fully saturated rings. The zero-order valence-corrected chi connectivity index (χ0v) is 10.3. The minimum Gasteiger partial charge on any atom is -0.393 e. The summed E-state index contributed by atoms with van der Waals surface area (Å²) in [6, 6.07) is 10.7. The van der Waals surface area contributed by atoms with Gasteiger partial charge in [-0.15, -0.1) is 0 Å². The molecule has 3 rings (SSSR count). The van der Waals surface area contributed by atoms with Crippen molar-refractivity contribution in [2.24, 2.45) is 11.8 Å². The zero-order valence-electron chi connectivity index (χ0n) is 10.3. The van der Waals surface area contributed by atoms with Crippen LogP contribution in [-0.2, 0) is 6.54 Å². The number of fused-ring (bicyclic) bond motifs is 1. The second-order valence-electron chi connectivity index (χ2n) is 5.67. The molecule has 0 bridgehead atoms. The van der Waals surface area contributed by atoms with Crippen LogP contribution in [0.5, 0.6) is 0 Å². The van der Waals surface area contributed by atoms with Crippen LogP contribution in [0, 0.1) is 11.8 Å². The monoisotopic (exact) mass is 231 g/mol. The Bertz CT molecular complexity index is 364. The number of nitrogens with zero attached hydrogens (tertiary/aromatic N) is 1. The molecular formula is C15H21NO. The molecule has 0 unspecified atom stereocenters. The van der Waals surface area contributed by atoms with Crippen molar-refractivity contribution >= 4 is 0 Å². The Labute approximate surface area is 103 Å². The molecule has 0 radical (unpaired) electrons. The van der Waals surface area contributed by atoms with Crippen LogP contribution in [0.3, 0.4) is 0 Å². The highest BCUT2D eigenvalue weighted by Gasteiger charge is 2.36. The third-order valence-corrected chi connectivity index (χ3v) is 4.35. The molecule has 1 saturated carbocycles. The van der Waals surface area contributed by atoms with Crippen LogP contribution in [0.15, 0.2) is 30.3 Å². The standard InChI is InChI=1S/C15H21NO/c17-15-7-6-13-10-16(11-14(13)8-15)9-12-4-2-1-3-5-12/h1-5,13-15,17H,6-11H2/t13-,14+,15+/m0/s1. The third kappa shape index (κ3) is 2.53. The predicted molar refractivity (Wildman–Crippen MR) is 68.6 cm³/mol. The molecule has 0 amide bonds. The van der Waals surface area contributed by atoms with Crippen LogP contribution in [-0.4, -0.2) is 29.2 Å². The van der Waals surface area contributed by atoms with E-state index in [0.29, 0.717) is 0 Å². The molecule has 1 N–H and O–H groups in total. The third-order valence-electron chi connectivity index (χ3n) is 4.35. The van der Waals surface area contributed by atoms with E-state index in [1.165, 1.54) is 25.1 Å². The van der Waals surface area contributed by atoms with Crippen molar-refractivity contribution in [2.75, 3.05) is 13.1 Å². The molecule has 1 aliphatic heterocycles. The minimum absolute atomic E-state index is 0.0343. The highest BCUT2D eigenvalue weighted by Crippen LogP contribution is 2.36. The Balaban J connectivity index is 1.60. The zero-order chi connectivity index (χ0) is 11.7. The molecule has 2 heteroatoms. The highest BCUT2D eigenvalue weighted by atomic mass is 16.3. The van der Waals surface area contributed by atoms with E-state index in [4.69, 9.17) is 0 Å². The van der Waals surface area contributed by atoms with Crippen LogP contribution < -0.4 is 0 Å². The summed E-state index contributed by atoms with van der Waals surface area (Å²) in [7, 11) is 0. The van der Waals surface area contributed by atoms with Crippen molar-refractivity contribution in [1.29, 1.82) is 0 Å². The van der Waals surface area contributed by atoms with Gasteiger partial charge in [0.2, 0.25) is 0 Å². The van der Waals surface area contributed by atoms with Crippen molar-refractivity contribution in [2.45, 2.75) is 31.9 Å². The Hall–Kier alpha value is -0.860. The summed E-state index contributed by atoms with van der Waals surface area (Å²) in [6.07, 6.45) is 3.22. The second-order valence-corrected chi connectivity index (χ2v) is 5.67. The van der Waals surface area contributed by atoms with Crippen LogP contribution in [0.2, 0.25) is 0 Å². The first kappa shape index (κ1) is 11.2. The Morgan fingerprint density at radius 2 is 1.82 bits per heavy atom. The van der Waals surface area contributed by atoms with Gasteiger partial charge in [0.15, 0.2) is 0 Å². The van der Waals surface area contributed by atoms with E-state index in [1.54, 1.807) is 0 Å². The molecule has 92 valence electrons. The van der Waals surface area contributed by atoms with Gasteiger partial charge < -0.3 is 5.11 Å². The summed E-state index contributed by atoms with van der Waals surface area (Å²) >= 11 is 0. The molecule has 2 aliphatic rings. The molecule has 17 heavy (non-hydrogen) atoms. The van der Waals surface area contributed by atoms with Gasteiger partial charge in [-0.1, -0.05) is 30.3 Å². The fourth-order valence-corrected chi connectivity index (χ4v) is 3.47. The minimum atomic E-state index is -0.0343. The van der Waals surface area contributed by atoms with Crippen molar-refractivity contribution in [3.05, 3.63) is 35.9 Å². The van der Waals surface area contributed by atoms with Crippen molar-refractivity contribution < 1.29 is 5.11 Å². The van der Waals surface area contributed by atoms with Crippen molar-refractivity contribution in [3.63, 3.8) is 0 Å². The number of benzene rings is 1. The van der Waals surface area contributed by atoms with Gasteiger partial charge in [-0.25, -0.2) is 0 Å². The second kappa shape index (κ2) is 4.79. The SMILES string of the molecule is O[C@@H]1CC[C@H]2CN(Cc3ccccc3)C[C@H]2C1. The summed E-state index contributed by atoms with van der Waals surface area (Å²) in [6.45, 7) is 3.48. The lowest BCUT2D eigenvalue weighted by molar-refractivity contribution is 0.0865. The fourth-order valence-electron chi connectivity index (χ4n) is 3.47. The highest BCUT2D eigenvalue weighted by molar-refractivity contribution is 5.14. The summed E-state index contributed by atoms with van der Waals surface area (Å²) in [5.41, 5.74) is 1.41. The maximum atomic E-state index is 9.71. The van der Waals surface area contributed by atoms with E-state index in [1.807, 2.05) is 0 Å². The number of hydrogen-bond donors (Lipinski definition) is 1. The average Bonchev–Trinajstić information content (AvgIpc) is 2.71. The largest absolute Gasteiger partial charge is 0.393 e. The van der Waals surface area contributed by atoms with Crippen molar-refractivity contribution in [1.82, 2.24) is 4.90 Å². The molecule has 2 nitrogen and oxygen atoms in total. The number of aliphatic hydroxyl groups is 1. The van der Waals surface area contributed by atoms with E-state index in [9.17, 15) is 5.11 Å². The summed E-state index contributed by atoms with van der Waals surface area (Å²) in [5.74, 6) is 1.57. The molecule has 0 aromatic heterocycles. The van der Waals surface area contributed by atoms with Crippen LogP contribution in [0.1, 0.15) is 24.8 Å². The van der Waals surface area contributed by atoms with Gasteiger partial charge in [-0.3, -0.25) is 4.90 Å². The smallest absolute Gasteiger partial charge is 0.0543 e. The number of aliphatic hydroxyl groups excluding tert-OH is 1. The van der Waals surface area contributed by atoms with Gasteiger partial charge >= 0.3 is 0 Å². The molecule has 1 saturated heterocycles. The Morgan fingerprint density at radius 3 is 2.65 bits per heavy atom. The van der Waals surface area contributed by atoms with E-state index >= 15 is 0 Å². The average molecular weight is 231 g/mol. The maximum absolute atomic E-state index is 9.71.